The van der Waals surface area contributed by atoms with E-state index < -0.39 is 8.32 Å². The van der Waals surface area contributed by atoms with Gasteiger partial charge in [0.25, 0.3) is 8.32 Å². The Morgan fingerprint density at radius 2 is 0.800 bits per heavy atom. The highest BCUT2D eigenvalue weighted by atomic mass is 28.4. The van der Waals surface area contributed by atoms with E-state index in [4.69, 9.17) is 4.43 Å². The van der Waals surface area contributed by atoms with Crippen LogP contribution in [0.5, 0.6) is 0 Å². The summed E-state index contributed by atoms with van der Waals surface area (Å²) < 4.78 is 7.12. The van der Waals surface area contributed by atoms with Crippen molar-refractivity contribution in [3.05, 3.63) is 127 Å². The minimum atomic E-state index is -2.80. The van der Waals surface area contributed by atoms with Crippen molar-refractivity contribution in [3.63, 3.8) is 0 Å². The quantitative estimate of drug-likeness (QED) is 0.199. The largest absolute Gasteiger partial charge is 0.404 e. The van der Waals surface area contributed by atoms with E-state index in [1.807, 2.05) is 0 Å². The van der Waals surface area contributed by atoms with E-state index >= 15 is 0 Å². The first-order chi connectivity index (χ1) is 17.3. The Morgan fingerprint density at radius 3 is 1.14 bits per heavy atom. The summed E-state index contributed by atoms with van der Waals surface area (Å²) in [4.78, 5) is 0. The SMILES string of the molecule is CCCO[Si](c1ccc2ccccc2c1)(c1ccc2ccccc2c1)c1ccc2ccccc2c1. The topological polar surface area (TPSA) is 9.23 Å². The molecule has 0 radical (unpaired) electrons. The monoisotopic (exact) mass is 468 g/mol. The predicted octanol–water partition coefficient (Wildman–Crippen LogP) is 6.54. The molecule has 0 fully saturated rings. The molecule has 0 aliphatic heterocycles. The van der Waals surface area contributed by atoms with Crippen LogP contribution in [0, 0.1) is 0 Å². The summed E-state index contributed by atoms with van der Waals surface area (Å²) in [5.74, 6) is 0. The molecule has 0 saturated heterocycles. The average molecular weight is 469 g/mol. The zero-order valence-electron chi connectivity index (χ0n) is 19.9. The maximum Gasteiger partial charge on any atom is 0.288 e. The second-order valence-electron chi connectivity index (χ2n) is 9.22. The molecular formula is C33H28OSi. The van der Waals surface area contributed by atoms with Gasteiger partial charge < -0.3 is 4.43 Å². The van der Waals surface area contributed by atoms with Gasteiger partial charge in [0.1, 0.15) is 0 Å². The van der Waals surface area contributed by atoms with Crippen molar-refractivity contribution >= 4 is 56.2 Å². The summed E-state index contributed by atoms with van der Waals surface area (Å²) >= 11 is 0. The molecule has 0 spiro atoms. The molecule has 6 aromatic carbocycles. The second-order valence-corrected chi connectivity index (χ2v) is 12.6. The van der Waals surface area contributed by atoms with Crippen LogP contribution in [0.2, 0.25) is 0 Å². The van der Waals surface area contributed by atoms with Crippen molar-refractivity contribution < 1.29 is 4.43 Å². The van der Waals surface area contributed by atoms with Crippen molar-refractivity contribution in [3.8, 4) is 0 Å². The van der Waals surface area contributed by atoms with E-state index in [0.29, 0.717) is 0 Å². The summed E-state index contributed by atoms with van der Waals surface area (Å²) in [7, 11) is -2.80. The van der Waals surface area contributed by atoms with E-state index in [-0.39, 0.29) is 0 Å². The number of hydrogen-bond donors (Lipinski definition) is 0. The van der Waals surface area contributed by atoms with Gasteiger partial charge in [-0.05, 0) is 54.3 Å². The van der Waals surface area contributed by atoms with Crippen LogP contribution >= 0.6 is 0 Å². The molecule has 0 aliphatic carbocycles. The summed E-state index contributed by atoms with van der Waals surface area (Å²) in [5.41, 5.74) is 0. The van der Waals surface area contributed by atoms with Crippen LogP contribution in [0.3, 0.4) is 0 Å². The van der Waals surface area contributed by atoms with Gasteiger partial charge in [-0.25, -0.2) is 0 Å². The second kappa shape index (κ2) is 9.14. The van der Waals surface area contributed by atoms with E-state index in [1.54, 1.807) is 0 Å². The lowest BCUT2D eigenvalue weighted by atomic mass is 10.1. The first-order valence-corrected chi connectivity index (χ1v) is 14.3. The lowest BCUT2D eigenvalue weighted by Gasteiger charge is -2.33. The molecule has 0 N–H and O–H groups in total. The van der Waals surface area contributed by atoms with Crippen LogP contribution in [0.1, 0.15) is 13.3 Å². The van der Waals surface area contributed by atoms with Crippen molar-refractivity contribution in [2.45, 2.75) is 13.3 Å². The molecule has 0 atom stereocenters. The maximum atomic E-state index is 7.12. The Morgan fingerprint density at radius 1 is 0.457 bits per heavy atom. The first kappa shape index (κ1) is 21.8. The zero-order valence-corrected chi connectivity index (χ0v) is 20.9. The van der Waals surface area contributed by atoms with Crippen LogP contribution in [-0.4, -0.2) is 14.9 Å². The van der Waals surface area contributed by atoms with Gasteiger partial charge in [-0.3, -0.25) is 0 Å². The van der Waals surface area contributed by atoms with Gasteiger partial charge in [0.2, 0.25) is 0 Å². The summed E-state index contributed by atoms with van der Waals surface area (Å²) in [5, 5.41) is 11.4. The lowest BCUT2D eigenvalue weighted by Crippen LogP contribution is -2.69. The molecule has 0 saturated carbocycles. The average Bonchev–Trinajstić information content (AvgIpc) is 2.93. The highest BCUT2D eigenvalue weighted by Gasteiger charge is 2.42. The first-order valence-electron chi connectivity index (χ1n) is 12.4. The Balaban J connectivity index is 1.68. The molecule has 0 bridgehead atoms. The Bertz CT molecular complexity index is 1460. The Kier molecular flexibility index (Phi) is 5.69. The van der Waals surface area contributed by atoms with E-state index in [1.165, 1.54) is 47.9 Å². The minimum Gasteiger partial charge on any atom is -0.404 e. The van der Waals surface area contributed by atoms with Gasteiger partial charge in [0.05, 0.1) is 0 Å². The molecule has 1 nitrogen and oxygen atoms in total. The van der Waals surface area contributed by atoms with Crippen LogP contribution in [-0.2, 0) is 4.43 Å². The van der Waals surface area contributed by atoms with E-state index in [0.717, 1.165) is 13.0 Å². The van der Waals surface area contributed by atoms with Gasteiger partial charge in [-0.15, -0.1) is 0 Å². The standard InChI is InChI=1S/C33H28OSi/c1-2-21-34-35(31-18-15-25-9-3-6-12-28(25)22-31,32-19-16-26-10-4-7-13-29(26)23-32)33-20-17-27-11-5-8-14-30(27)24-33/h3-20,22-24H,2,21H2,1H3. The van der Waals surface area contributed by atoms with Gasteiger partial charge in [-0.2, -0.15) is 0 Å². The summed E-state index contributed by atoms with van der Waals surface area (Å²) in [6, 6.07) is 46.6. The number of hydrogen-bond acceptors (Lipinski definition) is 1. The summed E-state index contributed by atoms with van der Waals surface area (Å²) in [6.45, 7) is 2.92. The van der Waals surface area contributed by atoms with Crippen LogP contribution in [0.4, 0.5) is 0 Å². The van der Waals surface area contributed by atoms with Crippen LogP contribution < -0.4 is 15.6 Å². The van der Waals surface area contributed by atoms with Crippen molar-refractivity contribution in [1.82, 2.24) is 0 Å². The molecule has 0 aliphatic rings. The van der Waals surface area contributed by atoms with Gasteiger partial charge in [0.15, 0.2) is 0 Å². The third-order valence-electron chi connectivity index (χ3n) is 6.99. The highest BCUT2D eigenvalue weighted by Crippen LogP contribution is 2.21. The number of benzene rings is 6. The molecule has 170 valence electrons. The highest BCUT2D eigenvalue weighted by molar-refractivity contribution is 7.07. The maximum absolute atomic E-state index is 7.12. The molecule has 6 rings (SSSR count). The van der Waals surface area contributed by atoms with Crippen molar-refractivity contribution in [2.24, 2.45) is 0 Å². The molecule has 6 aromatic rings. The van der Waals surface area contributed by atoms with Crippen LogP contribution in [0.15, 0.2) is 127 Å². The third kappa shape index (κ3) is 3.85. The molecule has 0 amide bonds. The Hall–Kier alpha value is -3.72. The molecule has 0 heterocycles. The van der Waals surface area contributed by atoms with Crippen LogP contribution in [0.25, 0.3) is 32.3 Å². The fraction of sp³-hybridized carbons (Fsp3) is 0.0909. The molecule has 0 unspecified atom stereocenters. The molecule has 0 aromatic heterocycles. The lowest BCUT2D eigenvalue weighted by molar-refractivity contribution is 0.323. The van der Waals surface area contributed by atoms with Gasteiger partial charge in [0, 0.05) is 6.61 Å². The molecular weight excluding hydrogens is 440 g/mol. The Labute approximate surface area is 207 Å². The van der Waals surface area contributed by atoms with Crippen molar-refractivity contribution in [1.29, 1.82) is 0 Å². The fourth-order valence-corrected chi connectivity index (χ4v) is 9.27. The number of rotatable bonds is 6. The number of fused-ring (bicyclic) bond motifs is 3. The van der Waals surface area contributed by atoms with E-state index in [2.05, 4.69) is 134 Å². The fourth-order valence-electron chi connectivity index (χ4n) is 5.23. The van der Waals surface area contributed by atoms with Gasteiger partial charge in [-0.1, -0.05) is 134 Å². The predicted molar refractivity (Wildman–Crippen MR) is 153 cm³/mol. The van der Waals surface area contributed by atoms with Crippen molar-refractivity contribution in [2.75, 3.05) is 6.61 Å². The molecule has 35 heavy (non-hydrogen) atoms. The van der Waals surface area contributed by atoms with E-state index in [9.17, 15) is 0 Å². The molecule has 2 heteroatoms. The minimum absolute atomic E-state index is 0.721. The smallest absolute Gasteiger partial charge is 0.288 e. The normalized spacial score (nSPS) is 11.9. The van der Waals surface area contributed by atoms with Gasteiger partial charge >= 0.3 is 0 Å². The zero-order chi connectivity index (χ0) is 23.7. The summed E-state index contributed by atoms with van der Waals surface area (Å²) in [6.07, 6.45) is 0.976. The third-order valence-corrected chi connectivity index (χ3v) is 11.0.